The summed E-state index contributed by atoms with van der Waals surface area (Å²) >= 11 is 1.65. The highest BCUT2D eigenvalue weighted by Crippen LogP contribution is 2.03. The van der Waals surface area contributed by atoms with Crippen molar-refractivity contribution in [3.63, 3.8) is 0 Å². The third-order valence-electron chi connectivity index (χ3n) is 2.03. The number of ether oxygens (including phenoxy) is 1. The van der Waals surface area contributed by atoms with E-state index in [2.05, 4.69) is 18.7 Å². The van der Waals surface area contributed by atoms with Gasteiger partial charge in [-0.3, -0.25) is 4.79 Å². The molecule has 0 aromatic heterocycles. The topological polar surface area (TPSA) is 29.5 Å². The van der Waals surface area contributed by atoms with Crippen LogP contribution >= 0.6 is 11.8 Å². The van der Waals surface area contributed by atoms with Crippen LogP contribution in [0.2, 0.25) is 0 Å². The minimum Gasteiger partial charge on any atom is -0.462 e. The molecule has 0 aliphatic carbocycles. The van der Waals surface area contributed by atoms with E-state index in [0.29, 0.717) is 5.75 Å². The molecule has 0 aromatic carbocycles. The fourth-order valence-corrected chi connectivity index (χ4v) is 1.95. The van der Waals surface area contributed by atoms with Gasteiger partial charge in [0.25, 0.3) is 0 Å². The maximum absolute atomic E-state index is 11.2. The smallest absolute Gasteiger partial charge is 0.316 e. The Morgan fingerprint density at radius 2 is 1.93 bits per heavy atom. The largest absolute Gasteiger partial charge is 0.462 e. The zero-order valence-corrected chi connectivity index (χ0v) is 11.1. The normalized spacial score (nSPS) is 11.1. The highest BCUT2D eigenvalue weighted by atomic mass is 32.2. The van der Waals surface area contributed by atoms with Crippen LogP contribution in [0.4, 0.5) is 0 Å². The lowest BCUT2D eigenvalue weighted by molar-refractivity contribution is -0.144. The van der Waals surface area contributed by atoms with E-state index in [9.17, 15) is 4.79 Å². The lowest BCUT2D eigenvalue weighted by Gasteiger charge is -2.17. The second kappa shape index (κ2) is 9.04. The number of hydrogen-bond acceptors (Lipinski definition) is 4. The molecule has 0 bridgehead atoms. The van der Waals surface area contributed by atoms with E-state index < -0.39 is 0 Å². The number of rotatable bonds is 8. The Kier molecular flexibility index (Phi) is 8.91. The molecule has 3 nitrogen and oxygen atoms in total. The van der Waals surface area contributed by atoms with Crippen LogP contribution in [0, 0.1) is 0 Å². The SMILES string of the molecule is CCN(CC)CCSCC(=O)OC(C)C. The Morgan fingerprint density at radius 1 is 1.33 bits per heavy atom. The highest BCUT2D eigenvalue weighted by Gasteiger charge is 2.05. The highest BCUT2D eigenvalue weighted by molar-refractivity contribution is 7.99. The van der Waals surface area contributed by atoms with Crippen LogP contribution in [0.15, 0.2) is 0 Å². The average molecular weight is 233 g/mol. The predicted octanol–water partition coefficient (Wildman–Crippen LogP) is 2.01. The minimum absolute atomic E-state index is 0.000817. The molecule has 0 aliphatic rings. The Labute approximate surface area is 97.5 Å². The number of thioether (sulfide) groups is 1. The van der Waals surface area contributed by atoms with Gasteiger partial charge in [-0.1, -0.05) is 13.8 Å². The third kappa shape index (κ3) is 8.75. The standard InChI is InChI=1S/C11H23NO2S/c1-5-12(6-2)7-8-15-9-11(13)14-10(3)4/h10H,5-9H2,1-4H3. The first-order valence-electron chi connectivity index (χ1n) is 5.59. The first-order valence-corrected chi connectivity index (χ1v) is 6.75. The summed E-state index contributed by atoms with van der Waals surface area (Å²) in [5.41, 5.74) is 0. The zero-order chi connectivity index (χ0) is 11.7. The zero-order valence-electron chi connectivity index (χ0n) is 10.3. The van der Waals surface area contributed by atoms with Gasteiger partial charge < -0.3 is 9.64 Å². The molecule has 0 fully saturated rings. The Morgan fingerprint density at radius 3 is 2.40 bits per heavy atom. The first-order chi connectivity index (χ1) is 7.10. The predicted molar refractivity (Wildman–Crippen MR) is 66.3 cm³/mol. The summed E-state index contributed by atoms with van der Waals surface area (Å²) in [7, 11) is 0. The summed E-state index contributed by atoms with van der Waals surface area (Å²) in [5, 5.41) is 0. The Bertz CT molecular complexity index is 170. The molecule has 0 heterocycles. The van der Waals surface area contributed by atoms with E-state index in [-0.39, 0.29) is 12.1 Å². The van der Waals surface area contributed by atoms with Crippen LogP contribution < -0.4 is 0 Å². The molecule has 15 heavy (non-hydrogen) atoms. The summed E-state index contributed by atoms with van der Waals surface area (Å²) in [4.78, 5) is 13.5. The van der Waals surface area contributed by atoms with E-state index in [1.165, 1.54) is 0 Å². The fraction of sp³-hybridized carbons (Fsp3) is 0.909. The summed E-state index contributed by atoms with van der Waals surface area (Å²) in [6.45, 7) is 11.3. The van der Waals surface area contributed by atoms with Crippen LogP contribution in [0.25, 0.3) is 0 Å². The van der Waals surface area contributed by atoms with E-state index >= 15 is 0 Å². The van der Waals surface area contributed by atoms with Gasteiger partial charge in [0.05, 0.1) is 11.9 Å². The Hall–Kier alpha value is -0.220. The molecule has 90 valence electrons. The second-order valence-corrected chi connectivity index (χ2v) is 4.72. The van der Waals surface area contributed by atoms with Crippen molar-refractivity contribution in [3.05, 3.63) is 0 Å². The van der Waals surface area contributed by atoms with Crippen molar-refractivity contribution in [2.24, 2.45) is 0 Å². The van der Waals surface area contributed by atoms with Gasteiger partial charge in [-0.05, 0) is 26.9 Å². The van der Waals surface area contributed by atoms with Gasteiger partial charge in [0.2, 0.25) is 0 Å². The van der Waals surface area contributed by atoms with Crippen LogP contribution in [0.3, 0.4) is 0 Å². The van der Waals surface area contributed by atoms with Crippen molar-refractivity contribution in [2.75, 3.05) is 31.1 Å². The van der Waals surface area contributed by atoms with Gasteiger partial charge in [0.15, 0.2) is 0 Å². The van der Waals surface area contributed by atoms with Gasteiger partial charge in [-0.2, -0.15) is 0 Å². The molecular formula is C11H23NO2S. The molecule has 0 unspecified atom stereocenters. The first kappa shape index (κ1) is 14.8. The maximum Gasteiger partial charge on any atom is 0.316 e. The summed E-state index contributed by atoms with van der Waals surface area (Å²) in [5.74, 6) is 1.36. The minimum atomic E-state index is -0.102. The molecule has 0 aliphatic heterocycles. The van der Waals surface area contributed by atoms with Crippen LogP contribution in [0.5, 0.6) is 0 Å². The van der Waals surface area contributed by atoms with Gasteiger partial charge in [-0.15, -0.1) is 11.8 Å². The van der Waals surface area contributed by atoms with E-state index in [4.69, 9.17) is 4.74 Å². The monoisotopic (exact) mass is 233 g/mol. The molecule has 0 radical (unpaired) electrons. The number of carbonyl (C=O) groups is 1. The van der Waals surface area contributed by atoms with Gasteiger partial charge >= 0.3 is 5.97 Å². The quantitative estimate of drug-likeness (QED) is 0.474. The maximum atomic E-state index is 11.2. The van der Waals surface area contributed by atoms with Crippen molar-refractivity contribution < 1.29 is 9.53 Å². The van der Waals surface area contributed by atoms with Crippen molar-refractivity contribution in [2.45, 2.75) is 33.8 Å². The van der Waals surface area contributed by atoms with Crippen LogP contribution in [-0.4, -0.2) is 48.1 Å². The second-order valence-electron chi connectivity index (χ2n) is 3.62. The summed E-state index contributed by atoms with van der Waals surface area (Å²) in [6, 6.07) is 0. The molecule has 0 N–H and O–H groups in total. The average Bonchev–Trinajstić information content (AvgIpc) is 2.17. The van der Waals surface area contributed by atoms with Crippen molar-refractivity contribution in [3.8, 4) is 0 Å². The van der Waals surface area contributed by atoms with Crippen molar-refractivity contribution in [1.29, 1.82) is 0 Å². The molecular weight excluding hydrogens is 210 g/mol. The lowest BCUT2D eigenvalue weighted by atomic mass is 10.5. The number of carbonyl (C=O) groups excluding carboxylic acids is 1. The third-order valence-corrected chi connectivity index (χ3v) is 2.94. The Balaban J connectivity index is 3.41. The summed E-state index contributed by atoms with van der Waals surface area (Å²) in [6.07, 6.45) is 0.000817. The lowest BCUT2D eigenvalue weighted by Crippen LogP contribution is -2.25. The van der Waals surface area contributed by atoms with Gasteiger partial charge in [-0.25, -0.2) is 0 Å². The molecule has 0 saturated heterocycles. The van der Waals surface area contributed by atoms with Crippen LogP contribution in [0.1, 0.15) is 27.7 Å². The summed E-state index contributed by atoms with van der Waals surface area (Å²) < 4.78 is 5.04. The number of nitrogens with zero attached hydrogens (tertiary/aromatic N) is 1. The number of esters is 1. The van der Waals surface area contributed by atoms with Crippen molar-refractivity contribution >= 4 is 17.7 Å². The van der Waals surface area contributed by atoms with Crippen LogP contribution in [-0.2, 0) is 9.53 Å². The molecule has 0 spiro atoms. The van der Waals surface area contributed by atoms with E-state index in [0.717, 1.165) is 25.4 Å². The molecule has 0 saturated carbocycles. The van der Waals surface area contributed by atoms with Gasteiger partial charge in [0.1, 0.15) is 0 Å². The van der Waals surface area contributed by atoms with Gasteiger partial charge in [0, 0.05) is 12.3 Å². The molecule has 0 atom stereocenters. The van der Waals surface area contributed by atoms with Crippen molar-refractivity contribution in [1.82, 2.24) is 4.90 Å². The molecule has 0 amide bonds. The molecule has 0 aromatic rings. The molecule has 4 heteroatoms. The van der Waals surface area contributed by atoms with E-state index in [1.54, 1.807) is 11.8 Å². The number of hydrogen-bond donors (Lipinski definition) is 0. The molecule has 0 rings (SSSR count). The fourth-order valence-electron chi connectivity index (χ4n) is 1.19. The van der Waals surface area contributed by atoms with E-state index in [1.807, 2.05) is 13.8 Å².